The average molecular weight is 727 g/mol. The number of nitrogens with zero attached hydrogens (tertiary/aromatic N) is 2. The van der Waals surface area contributed by atoms with Crippen molar-refractivity contribution in [2.24, 2.45) is 0 Å². The van der Waals surface area contributed by atoms with Gasteiger partial charge < -0.3 is 0 Å². The van der Waals surface area contributed by atoms with E-state index in [4.69, 9.17) is 9.97 Å². The molecule has 11 rings (SSSR count). The fourth-order valence-corrected chi connectivity index (χ4v) is 9.28. The molecule has 9 aromatic carbocycles. The van der Waals surface area contributed by atoms with E-state index in [1.807, 2.05) is 12.1 Å². The van der Waals surface area contributed by atoms with Crippen molar-refractivity contribution >= 4 is 32.3 Å². The standard InChI is InChI=1S/C55H38N2/c1-55(2)47-27-15-26-41(52(47)46-32-39-20-9-10-21-40(39)33-48(46)55)35-28-30-38(31-29-35)51-42-22-11-13-24-44(42)53(45-25-14-12-23-43(45)51)54-56-49(36-16-5-3-6-17-36)34-50(57-54)37-18-7-4-8-19-37/h3-34H,1-2H3. The maximum atomic E-state index is 5.31. The number of aromatic nitrogens is 2. The van der Waals surface area contributed by atoms with Crippen LogP contribution in [-0.4, -0.2) is 9.97 Å². The lowest BCUT2D eigenvalue weighted by Gasteiger charge is -2.22. The summed E-state index contributed by atoms with van der Waals surface area (Å²) in [5.41, 5.74) is 15.3. The molecular weight excluding hydrogens is 689 g/mol. The quantitative estimate of drug-likeness (QED) is 0.165. The van der Waals surface area contributed by atoms with Crippen LogP contribution in [0, 0.1) is 0 Å². The van der Waals surface area contributed by atoms with E-state index in [2.05, 4.69) is 196 Å². The fourth-order valence-electron chi connectivity index (χ4n) is 9.28. The summed E-state index contributed by atoms with van der Waals surface area (Å²) in [7, 11) is 0. The van der Waals surface area contributed by atoms with Crippen LogP contribution in [0.2, 0.25) is 0 Å². The summed E-state index contributed by atoms with van der Waals surface area (Å²) in [6.07, 6.45) is 0. The molecule has 1 heterocycles. The molecule has 0 aliphatic heterocycles. The first-order chi connectivity index (χ1) is 28.0. The second kappa shape index (κ2) is 13.0. The van der Waals surface area contributed by atoms with Gasteiger partial charge in [0.05, 0.1) is 11.4 Å². The molecule has 0 atom stereocenters. The van der Waals surface area contributed by atoms with Gasteiger partial charge in [0.15, 0.2) is 5.82 Å². The Kier molecular flexibility index (Phi) is 7.55. The second-order valence-electron chi connectivity index (χ2n) is 15.7. The van der Waals surface area contributed by atoms with Crippen molar-refractivity contribution in [1.29, 1.82) is 0 Å². The van der Waals surface area contributed by atoms with Gasteiger partial charge in [-0.2, -0.15) is 0 Å². The molecule has 0 amide bonds. The van der Waals surface area contributed by atoms with E-state index >= 15 is 0 Å². The van der Waals surface area contributed by atoms with Crippen LogP contribution in [-0.2, 0) is 5.41 Å². The Hall–Kier alpha value is -7.16. The van der Waals surface area contributed by atoms with Gasteiger partial charge in [-0.15, -0.1) is 0 Å². The van der Waals surface area contributed by atoms with Gasteiger partial charge in [0.1, 0.15) is 0 Å². The van der Waals surface area contributed by atoms with Gasteiger partial charge >= 0.3 is 0 Å². The minimum absolute atomic E-state index is 0.0869. The van der Waals surface area contributed by atoms with Crippen molar-refractivity contribution in [1.82, 2.24) is 9.97 Å². The first-order valence-corrected chi connectivity index (χ1v) is 19.7. The predicted molar refractivity (Wildman–Crippen MR) is 239 cm³/mol. The van der Waals surface area contributed by atoms with Gasteiger partial charge in [0.25, 0.3) is 0 Å². The average Bonchev–Trinajstić information content (AvgIpc) is 3.50. The molecule has 0 saturated carbocycles. The molecule has 2 heteroatoms. The second-order valence-corrected chi connectivity index (χ2v) is 15.7. The Morgan fingerprint density at radius 1 is 0.333 bits per heavy atom. The molecule has 0 spiro atoms. The highest BCUT2D eigenvalue weighted by Gasteiger charge is 2.37. The van der Waals surface area contributed by atoms with Crippen LogP contribution in [0.1, 0.15) is 25.0 Å². The van der Waals surface area contributed by atoms with Crippen molar-refractivity contribution in [3.63, 3.8) is 0 Å². The van der Waals surface area contributed by atoms with E-state index in [0.717, 1.165) is 44.7 Å². The summed E-state index contributed by atoms with van der Waals surface area (Å²) in [6, 6.07) is 70.1. The fraction of sp³-hybridized carbons (Fsp3) is 0.0545. The van der Waals surface area contributed by atoms with E-state index in [1.165, 1.54) is 66.1 Å². The summed E-state index contributed by atoms with van der Waals surface area (Å²) in [5, 5.41) is 7.19. The topological polar surface area (TPSA) is 25.8 Å². The highest BCUT2D eigenvalue weighted by Crippen LogP contribution is 2.53. The van der Waals surface area contributed by atoms with Gasteiger partial charge in [-0.25, -0.2) is 9.97 Å². The summed E-state index contributed by atoms with van der Waals surface area (Å²) in [5.74, 6) is 0.721. The van der Waals surface area contributed by atoms with Crippen LogP contribution >= 0.6 is 0 Å². The van der Waals surface area contributed by atoms with Crippen LogP contribution < -0.4 is 0 Å². The van der Waals surface area contributed by atoms with Gasteiger partial charge in [-0.05, 0) is 95.0 Å². The Labute approximate surface area is 332 Å². The molecule has 1 aromatic heterocycles. The SMILES string of the molecule is CC1(C)c2cc3ccccc3cc2-c2c(-c3ccc(-c4c5ccccc5c(-c5nc(-c6ccccc6)cc(-c6ccccc6)n5)c5ccccc45)cc3)cccc21. The molecule has 57 heavy (non-hydrogen) atoms. The monoisotopic (exact) mass is 726 g/mol. The summed E-state index contributed by atoms with van der Waals surface area (Å²) >= 11 is 0. The molecular formula is C55H38N2. The smallest absolute Gasteiger partial charge is 0.161 e. The molecule has 1 aliphatic rings. The van der Waals surface area contributed by atoms with Crippen LogP contribution in [0.25, 0.3) is 99.6 Å². The van der Waals surface area contributed by atoms with Gasteiger partial charge in [0.2, 0.25) is 0 Å². The van der Waals surface area contributed by atoms with Crippen LogP contribution in [0.5, 0.6) is 0 Å². The Morgan fingerprint density at radius 2 is 0.825 bits per heavy atom. The maximum Gasteiger partial charge on any atom is 0.161 e. The van der Waals surface area contributed by atoms with Gasteiger partial charge in [0, 0.05) is 22.1 Å². The van der Waals surface area contributed by atoms with E-state index < -0.39 is 0 Å². The molecule has 0 saturated heterocycles. The van der Waals surface area contributed by atoms with E-state index in [-0.39, 0.29) is 5.41 Å². The van der Waals surface area contributed by atoms with Crippen LogP contribution in [0.4, 0.5) is 0 Å². The van der Waals surface area contributed by atoms with Crippen molar-refractivity contribution in [2.75, 3.05) is 0 Å². The van der Waals surface area contributed by atoms with Crippen molar-refractivity contribution < 1.29 is 0 Å². The van der Waals surface area contributed by atoms with Crippen molar-refractivity contribution in [3.8, 4) is 67.3 Å². The van der Waals surface area contributed by atoms with Crippen LogP contribution in [0.15, 0.2) is 194 Å². The lowest BCUT2D eigenvalue weighted by atomic mass is 9.81. The predicted octanol–water partition coefficient (Wildman–Crippen LogP) is 14.6. The highest BCUT2D eigenvalue weighted by molar-refractivity contribution is 6.21. The largest absolute Gasteiger partial charge is 0.228 e. The Morgan fingerprint density at radius 3 is 1.40 bits per heavy atom. The first-order valence-electron chi connectivity index (χ1n) is 19.7. The van der Waals surface area contributed by atoms with Crippen molar-refractivity contribution in [3.05, 3.63) is 205 Å². The zero-order valence-electron chi connectivity index (χ0n) is 31.9. The molecule has 2 nitrogen and oxygen atoms in total. The number of hydrogen-bond acceptors (Lipinski definition) is 2. The zero-order valence-corrected chi connectivity index (χ0v) is 31.9. The molecule has 268 valence electrons. The summed E-state index contributed by atoms with van der Waals surface area (Å²) < 4.78 is 0. The molecule has 1 aliphatic carbocycles. The molecule has 0 N–H and O–H groups in total. The van der Waals surface area contributed by atoms with Crippen LogP contribution in [0.3, 0.4) is 0 Å². The zero-order chi connectivity index (χ0) is 38.1. The minimum atomic E-state index is -0.0869. The van der Waals surface area contributed by atoms with E-state index in [1.54, 1.807) is 0 Å². The normalized spacial score (nSPS) is 12.9. The number of hydrogen-bond donors (Lipinski definition) is 0. The molecule has 0 fully saturated rings. The molecule has 0 bridgehead atoms. The number of benzene rings is 9. The van der Waals surface area contributed by atoms with E-state index in [9.17, 15) is 0 Å². The minimum Gasteiger partial charge on any atom is -0.228 e. The first kappa shape index (κ1) is 33.2. The number of rotatable bonds is 5. The van der Waals surface area contributed by atoms with Gasteiger partial charge in [-0.1, -0.05) is 190 Å². The van der Waals surface area contributed by atoms with Crippen molar-refractivity contribution in [2.45, 2.75) is 19.3 Å². The lowest BCUT2D eigenvalue weighted by molar-refractivity contribution is 0.661. The Bertz CT molecular complexity index is 3060. The lowest BCUT2D eigenvalue weighted by Crippen LogP contribution is -2.14. The molecule has 10 aromatic rings. The summed E-state index contributed by atoms with van der Waals surface area (Å²) in [6.45, 7) is 4.73. The molecule has 0 unspecified atom stereocenters. The number of fused-ring (bicyclic) bond motifs is 6. The van der Waals surface area contributed by atoms with Gasteiger partial charge in [-0.3, -0.25) is 0 Å². The third kappa shape index (κ3) is 5.33. The third-order valence-corrected chi connectivity index (χ3v) is 12.1. The highest BCUT2D eigenvalue weighted by atomic mass is 14.9. The Balaban J connectivity index is 1.09. The third-order valence-electron chi connectivity index (χ3n) is 12.1. The molecule has 0 radical (unpaired) electrons. The maximum absolute atomic E-state index is 5.31. The van der Waals surface area contributed by atoms with E-state index in [0.29, 0.717) is 0 Å². The summed E-state index contributed by atoms with van der Waals surface area (Å²) in [4.78, 5) is 10.6.